The van der Waals surface area contributed by atoms with Crippen LogP contribution in [0.5, 0.6) is 0 Å². The Balaban J connectivity index is 2.46. The van der Waals surface area contributed by atoms with Gasteiger partial charge in [-0.1, -0.05) is 42.0 Å². The number of aromatic carboxylic acids is 1. The molecule has 98 valence electrons. The third-order valence-electron chi connectivity index (χ3n) is 2.89. The molecule has 0 saturated heterocycles. The molecule has 2 rings (SSSR count). The highest BCUT2D eigenvalue weighted by Crippen LogP contribution is 2.35. The molecule has 0 aromatic heterocycles. The van der Waals surface area contributed by atoms with E-state index in [4.69, 9.17) is 5.11 Å². The number of hydrogen-bond donors (Lipinski definition) is 1. The molecule has 0 aliphatic rings. The van der Waals surface area contributed by atoms with Crippen molar-refractivity contribution in [2.24, 2.45) is 0 Å². The summed E-state index contributed by atoms with van der Waals surface area (Å²) in [4.78, 5) is 10.8. The molecule has 2 aromatic rings. The van der Waals surface area contributed by atoms with Crippen molar-refractivity contribution >= 4 is 5.97 Å². The number of hydrogen-bond acceptors (Lipinski definition) is 1. The van der Waals surface area contributed by atoms with Crippen LogP contribution in [-0.4, -0.2) is 11.1 Å². The fourth-order valence-electron chi connectivity index (χ4n) is 1.78. The number of alkyl halides is 2. The fraction of sp³-hybridized carbons (Fsp3) is 0.133. The van der Waals surface area contributed by atoms with Gasteiger partial charge < -0.3 is 5.11 Å². The number of carboxylic acid groups (broad SMARTS) is 1. The van der Waals surface area contributed by atoms with Gasteiger partial charge >= 0.3 is 5.97 Å². The summed E-state index contributed by atoms with van der Waals surface area (Å²) in [6, 6.07) is 10.7. The van der Waals surface area contributed by atoms with Gasteiger partial charge in [-0.05, 0) is 19.1 Å². The number of benzene rings is 2. The Kier molecular flexibility index (Phi) is 3.34. The molecule has 0 atom stereocenters. The predicted octanol–water partition coefficient (Wildman–Crippen LogP) is 3.83. The standard InChI is InChI=1S/C15H12F2O2/c1-10-5-7-12(8-6-10)15(16,17)13-4-2-3-11(9-13)14(18)19/h2-9H,1H3,(H,18,19). The third-order valence-corrected chi connectivity index (χ3v) is 2.89. The first-order valence-corrected chi connectivity index (χ1v) is 5.70. The molecular weight excluding hydrogens is 250 g/mol. The van der Waals surface area contributed by atoms with Gasteiger partial charge in [-0.15, -0.1) is 0 Å². The lowest BCUT2D eigenvalue weighted by atomic mass is 9.98. The van der Waals surface area contributed by atoms with Gasteiger partial charge in [0.05, 0.1) is 5.56 Å². The first-order valence-electron chi connectivity index (χ1n) is 5.70. The van der Waals surface area contributed by atoms with Crippen molar-refractivity contribution in [1.82, 2.24) is 0 Å². The Morgan fingerprint density at radius 1 is 1.05 bits per heavy atom. The van der Waals surface area contributed by atoms with Gasteiger partial charge in [0.1, 0.15) is 0 Å². The molecule has 0 radical (unpaired) electrons. The summed E-state index contributed by atoms with van der Waals surface area (Å²) in [5.41, 5.74) is 0.264. The van der Waals surface area contributed by atoms with Crippen LogP contribution >= 0.6 is 0 Å². The number of halogens is 2. The number of carboxylic acids is 1. The summed E-state index contributed by atoms with van der Waals surface area (Å²) in [7, 11) is 0. The Morgan fingerprint density at radius 3 is 2.26 bits per heavy atom. The van der Waals surface area contributed by atoms with Crippen molar-refractivity contribution in [2.75, 3.05) is 0 Å². The normalized spacial score (nSPS) is 11.3. The lowest BCUT2D eigenvalue weighted by Gasteiger charge is -2.17. The van der Waals surface area contributed by atoms with Crippen LogP contribution in [0.4, 0.5) is 8.78 Å². The smallest absolute Gasteiger partial charge is 0.335 e. The monoisotopic (exact) mass is 262 g/mol. The van der Waals surface area contributed by atoms with Crippen LogP contribution in [0.15, 0.2) is 48.5 Å². The van der Waals surface area contributed by atoms with E-state index in [1.165, 1.54) is 30.3 Å². The molecule has 0 unspecified atom stereocenters. The van der Waals surface area contributed by atoms with Gasteiger partial charge in [-0.3, -0.25) is 0 Å². The van der Waals surface area contributed by atoms with Crippen LogP contribution in [-0.2, 0) is 5.92 Å². The maximum atomic E-state index is 14.3. The molecule has 19 heavy (non-hydrogen) atoms. The van der Waals surface area contributed by atoms with Gasteiger partial charge in [0, 0.05) is 11.1 Å². The zero-order valence-electron chi connectivity index (χ0n) is 10.2. The summed E-state index contributed by atoms with van der Waals surface area (Å²) in [6.45, 7) is 1.81. The summed E-state index contributed by atoms with van der Waals surface area (Å²) >= 11 is 0. The molecule has 0 bridgehead atoms. The van der Waals surface area contributed by atoms with E-state index in [-0.39, 0.29) is 16.7 Å². The molecule has 2 nitrogen and oxygen atoms in total. The lowest BCUT2D eigenvalue weighted by molar-refractivity contribution is 0.0427. The molecule has 0 fully saturated rings. The molecule has 0 heterocycles. The van der Waals surface area contributed by atoms with Gasteiger partial charge in [0.15, 0.2) is 0 Å². The molecule has 4 heteroatoms. The van der Waals surface area contributed by atoms with E-state index < -0.39 is 11.9 Å². The van der Waals surface area contributed by atoms with Crippen molar-refractivity contribution in [1.29, 1.82) is 0 Å². The first kappa shape index (κ1) is 13.2. The van der Waals surface area contributed by atoms with Crippen LogP contribution in [0.3, 0.4) is 0 Å². The van der Waals surface area contributed by atoms with Crippen LogP contribution in [0.25, 0.3) is 0 Å². The number of aryl methyl sites for hydroxylation is 1. The van der Waals surface area contributed by atoms with Crippen LogP contribution in [0.1, 0.15) is 27.0 Å². The van der Waals surface area contributed by atoms with E-state index in [0.29, 0.717) is 0 Å². The minimum atomic E-state index is -3.21. The predicted molar refractivity (Wildman–Crippen MR) is 67.6 cm³/mol. The van der Waals surface area contributed by atoms with Crippen molar-refractivity contribution in [3.8, 4) is 0 Å². The van der Waals surface area contributed by atoms with Crippen molar-refractivity contribution < 1.29 is 18.7 Å². The van der Waals surface area contributed by atoms with Crippen molar-refractivity contribution in [3.05, 3.63) is 70.8 Å². The minimum absolute atomic E-state index is 0.149. The number of rotatable bonds is 3. The Labute approximate surface area is 109 Å². The van der Waals surface area contributed by atoms with E-state index in [2.05, 4.69) is 0 Å². The Hall–Kier alpha value is -2.23. The quantitative estimate of drug-likeness (QED) is 0.912. The molecule has 0 spiro atoms. The summed E-state index contributed by atoms with van der Waals surface area (Å²) in [5, 5.41) is 8.84. The van der Waals surface area contributed by atoms with E-state index in [1.54, 1.807) is 12.1 Å². The molecule has 0 aliphatic carbocycles. The van der Waals surface area contributed by atoms with E-state index in [9.17, 15) is 13.6 Å². The third kappa shape index (κ3) is 2.62. The highest BCUT2D eigenvalue weighted by molar-refractivity contribution is 5.87. The van der Waals surface area contributed by atoms with Crippen LogP contribution in [0.2, 0.25) is 0 Å². The summed E-state index contributed by atoms with van der Waals surface area (Å²) in [5.74, 6) is -4.43. The fourth-order valence-corrected chi connectivity index (χ4v) is 1.78. The van der Waals surface area contributed by atoms with Gasteiger partial charge in [0.2, 0.25) is 0 Å². The van der Waals surface area contributed by atoms with Gasteiger partial charge in [0.25, 0.3) is 5.92 Å². The molecular formula is C15H12F2O2. The van der Waals surface area contributed by atoms with E-state index >= 15 is 0 Å². The summed E-state index contributed by atoms with van der Waals surface area (Å²) < 4.78 is 28.5. The van der Waals surface area contributed by atoms with Crippen LogP contribution in [0, 0.1) is 6.92 Å². The maximum absolute atomic E-state index is 14.3. The van der Waals surface area contributed by atoms with Gasteiger partial charge in [-0.25, -0.2) is 4.79 Å². The molecule has 2 aromatic carbocycles. The Bertz CT molecular complexity index is 604. The molecule has 0 amide bonds. The Morgan fingerprint density at radius 2 is 1.68 bits per heavy atom. The summed E-state index contributed by atoms with van der Waals surface area (Å²) in [6.07, 6.45) is 0. The molecule has 0 saturated carbocycles. The maximum Gasteiger partial charge on any atom is 0.335 e. The van der Waals surface area contributed by atoms with Crippen LogP contribution < -0.4 is 0 Å². The zero-order chi connectivity index (χ0) is 14.0. The molecule has 1 N–H and O–H groups in total. The number of carbonyl (C=O) groups is 1. The van der Waals surface area contributed by atoms with Gasteiger partial charge in [-0.2, -0.15) is 8.78 Å². The largest absolute Gasteiger partial charge is 0.478 e. The average molecular weight is 262 g/mol. The minimum Gasteiger partial charge on any atom is -0.478 e. The topological polar surface area (TPSA) is 37.3 Å². The second-order valence-corrected chi connectivity index (χ2v) is 4.33. The SMILES string of the molecule is Cc1ccc(C(F)(F)c2cccc(C(=O)O)c2)cc1. The highest BCUT2D eigenvalue weighted by atomic mass is 19.3. The van der Waals surface area contributed by atoms with E-state index in [1.807, 2.05) is 6.92 Å². The zero-order valence-corrected chi connectivity index (χ0v) is 10.2. The highest BCUT2D eigenvalue weighted by Gasteiger charge is 2.34. The molecule has 0 aliphatic heterocycles. The van der Waals surface area contributed by atoms with Crippen molar-refractivity contribution in [2.45, 2.75) is 12.8 Å². The second kappa shape index (κ2) is 4.80. The lowest BCUT2D eigenvalue weighted by Crippen LogP contribution is -2.16. The van der Waals surface area contributed by atoms with E-state index in [0.717, 1.165) is 11.6 Å². The average Bonchev–Trinajstić information content (AvgIpc) is 2.39. The first-order chi connectivity index (χ1) is 8.91. The second-order valence-electron chi connectivity index (χ2n) is 4.33. The van der Waals surface area contributed by atoms with Crippen molar-refractivity contribution in [3.63, 3.8) is 0 Å².